The fourth-order valence-electron chi connectivity index (χ4n) is 1.72. The number of nitro groups is 2. The molecule has 0 aliphatic heterocycles. The molecular weight excluding hydrogens is 282 g/mol. The summed E-state index contributed by atoms with van der Waals surface area (Å²) in [6.07, 6.45) is 2.51. The molecule has 0 atom stereocenters. The summed E-state index contributed by atoms with van der Waals surface area (Å²) in [5, 5.41) is 38.0. The molecule has 1 heterocycles. The fourth-order valence-corrected chi connectivity index (χ4v) is 1.72. The van der Waals surface area contributed by atoms with Gasteiger partial charge in [0, 0.05) is 18.7 Å². The van der Waals surface area contributed by atoms with Crippen molar-refractivity contribution in [2.75, 3.05) is 6.61 Å². The van der Waals surface area contributed by atoms with Crippen molar-refractivity contribution < 1.29 is 15.0 Å². The van der Waals surface area contributed by atoms with E-state index in [0.29, 0.717) is 18.5 Å². The Morgan fingerprint density at radius 1 is 1.14 bits per heavy atom. The average molecular weight is 293 g/mol. The van der Waals surface area contributed by atoms with E-state index < -0.39 is 21.2 Å². The minimum atomic E-state index is -0.708. The lowest BCUT2D eigenvalue weighted by Crippen LogP contribution is -1.99. The molecule has 10 heteroatoms. The first-order chi connectivity index (χ1) is 10.0. The van der Waals surface area contributed by atoms with Crippen molar-refractivity contribution in [3.8, 4) is 5.69 Å². The average Bonchev–Trinajstić information content (AvgIpc) is 2.93. The van der Waals surface area contributed by atoms with Gasteiger partial charge in [-0.1, -0.05) is 5.21 Å². The number of aryl methyl sites for hydroxylation is 1. The van der Waals surface area contributed by atoms with Crippen LogP contribution >= 0.6 is 0 Å². The number of hydrogen-bond acceptors (Lipinski definition) is 7. The molecule has 0 spiro atoms. The van der Waals surface area contributed by atoms with Gasteiger partial charge in [-0.3, -0.25) is 20.2 Å². The topological polar surface area (TPSA) is 137 Å². The van der Waals surface area contributed by atoms with Gasteiger partial charge in [0.05, 0.1) is 33.5 Å². The van der Waals surface area contributed by atoms with Gasteiger partial charge in [0.15, 0.2) is 0 Å². The van der Waals surface area contributed by atoms with Crippen molar-refractivity contribution in [2.45, 2.75) is 12.8 Å². The summed E-state index contributed by atoms with van der Waals surface area (Å²) >= 11 is 0. The molecule has 0 unspecified atom stereocenters. The van der Waals surface area contributed by atoms with Crippen LogP contribution in [0, 0.1) is 20.2 Å². The molecule has 0 aliphatic rings. The molecule has 21 heavy (non-hydrogen) atoms. The lowest BCUT2D eigenvalue weighted by Gasteiger charge is -2.00. The van der Waals surface area contributed by atoms with E-state index in [1.54, 1.807) is 0 Å². The van der Waals surface area contributed by atoms with E-state index in [9.17, 15) is 20.2 Å². The van der Waals surface area contributed by atoms with Gasteiger partial charge in [-0.2, -0.15) is 0 Å². The van der Waals surface area contributed by atoms with Crippen LogP contribution in [0.25, 0.3) is 5.69 Å². The summed E-state index contributed by atoms with van der Waals surface area (Å²) in [6.45, 7) is 0.00907. The maximum absolute atomic E-state index is 10.8. The van der Waals surface area contributed by atoms with Gasteiger partial charge in [0.1, 0.15) is 0 Å². The zero-order valence-electron chi connectivity index (χ0n) is 10.7. The predicted molar refractivity (Wildman–Crippen MR) is 70.1 cm³/mol. The standard InChI is InChI=1S/C11H11N5O5/c17-3-1-2-8-7-14(13-12-8)9-4-10(15(18)19)6-11(5-9)16(20)21/h4-7,17H,1-3H2. The summed E-state index contributed by atoms with van der Waals surface area (Å²) in [7, 11) is 0. The largest absolute Gasteiger partial charge is 0.396 e. The zero-order chi connectivity index (χ0) is 15.4. The van der Waals surface area contributed by atoms with Crippen molar-refractivity contribution in [3.05, 3.63) is 50.3 Å². The van der Waals surface area contributed by atoms with Crippen molar-refractivity contribution >= 4 is 11.4 Å². The first kappa shape index (κ1) is 14.5. The number of nitro benzene ring substituents is 2. The smallest absolute Gasteiger partial charge is 0.278 e. The molecule has 2 rings (SSSR count). The molecule has 0 saturated carbocycles. The minimum Gasteiger partial charge on any atom is -0.396 e. The maximum Gasteiger partial charge on any atom is 0.278 e. The lowest BCUT2D eigenvalue weighted by atomic mass is 10.2. The number of nitrogens with zero attached hydrogens (tertiary/aromatic N) is 5. The molecule has 0 saturated heterocycles. The van der Waals surface area contributed by atoms with Gasteiger partial charge in [-0.15, -0.1) is 5.10 Å². The lowest BCUT2D eigenvalue weighted by molar-refractivity contribution is -0.394. The summed E-state index contributed by atoms with van der Waals surface area (Å²) < 4.78 is 1.23. The van der Waals surface area contributed by atoms with Crippen molar-refractivity contribution in [3.63, 3.8) is 0 Å². The van der Waals surface area contributed by atoms with Gasteiger partial charge in [-0.05, 0) is 12.8 Å². The van der Waals surface area contributed by atoms with Crippen LogP contribution in [-0.2, 0) is 6.42 Å². The molecule has 0 bridgehead atoms. The molecule has 0 aliphatic carbocycles. The van der Waals surface area contributed by atoms with Crippen LogP contribution in [0.2, 0.25) is 0 Å². The highest BCUT2D eigenvalue weighted by Crippen LogP contribution is 2.24. The number of rotatable bonds is 6. The number of aliphatic hydroxyl groups excluding tert-OH is 1. The number of hydrogen-bond donors (Lipinski definition) is 1. The first-order valence-corrected chi connectivity index (χ1v) is 5.97. The fraction of sp³-hybridized carbons (Fsp3) is 0.273. The Morgan fingerprint density at radius 2 is 1.76 bits per heavy atom. The number of aliphatic hydroxyl groups is 1. The number of aromatic nitrogens is 3. The molecule has 0 amide bonds. The van der Waals surface area contributed by atoms with Crippen molar-refractivity contribution in [1.29, 1.82) is 0 Å². The van der Waals surface area contributed by atoms with Crippen LogP contribution in [-0.4, -0.2) is 36.6 Å². The molecular formula is C11H11N5O5. The van der Waals surface area contributed by atoms with Crippen molar-refractivity contribution in [2.24, 2.45) is 0 Å². The van der Waals surface area contributed by atoms with Crippen LogP contribution < -0.4 is 0 Å². The third kappa shape index (κ3) is 3.36. The molecule has 1 aromatic carbocycles. The Labute approximate surface area is 117 Å². The Morgan fingerprint density at radius 3 is 2.29 bits per heavy atom. The first-order valence-electron chi connectivity index (χ1n) is 5.97. The minimum absolute atomic E-state index is 0.00907. The quantitative estimate of drug-likeness (QED) is 0.619. The molecule has 0 radical (unpaired) electrons. The highest BCUT2D eigenvalue weighted by atomic mass is 16.6. The van der Waals surface area contributed by atoms with E-state index in [1.807, 2.05) is 0 Å². The highest BCUT2D eigenvalue weighted by Gasteiger charge is 2.18. The molecule has 10 nitrogen and oxygen atoms in total. The normalized spacial score (nSPS) is 10.5. The van der Waals surface area contributed by atoms with Gasteiger partial charge < -0.3 is 5.11 Å². The summed E-state index contributed by atoms with van der Waals surface area (Å²) in [4.78, 5) is 20.2. The monoisotopic (exact) mass is 293 g/mol. The third-order valence-corrected chi connectivity index (χ3v) is 2.71. The molecule has 2 aromatic rings. The Bertz CT molecular complexity index is 651. The Kier molecular flexibility index (Phi) is 4.18. The van der Waals surface area contributed by atoms with E-state index in [0.717, 1.165) is 6.07 Å². The predicted octanol–water partition coefficient (Wildman–Crippen LogP) is 1.01. The van der Waals surface area contributed by atoms with Gasteiger partial charge in [0.2, 0.25) is 0 Å². The van der Waals surface area contributed by atoms with Gasteiger partial charge in [0.25, 0.3) is 11.4 Å². The molecule has 1 N–H and O–H groups in total. The molecule has 110 valence electrons. The van der Waals surface area contributed by atoms with Crippen molar-refractivity contribution in [1.82, 2.24) is 15.0 Å². The second-order valence-electron chi connectivity index (χ2n) is 4.20. The van der Waals surface area contributed by atoms with Gasteiger partial charge in [-0.25, -0.2) is 4.68 Å². The highest BCUT2D eigenvalue weighted by molar-refractivity contribution is 5.52. The summed E-state index contributed by atoms with van der Waals surface area (Å²) in [5.74, 6) is 0. The number of benzene rings is 1. The van der Waals surface area contributed by atoms with Crippen LogP contribution in [0.15, 0.2) is 24.4 Å². The van der Waals surface area contributed by atoms with E-state index in [2.05, 4.69) is 10.3 Å². The van der Waals surface area contributed by atoms with E-state index in [1.165, 1.54) is 23.0 Å². The molecule has 0 fully saturated rings. The zero-order valence-corrected chi connectivity index (χ0v) is 10.7. The molecule has 1 aromatic heterocycles. The van der Waals surface area contributed by atoms with Crippen LogP contribution in [0.3, 0.4) is 0 Å². The maximum atomic E-state index is 10.8. The van der Waals surface area contributed by atoms with E-state index in [4.69, 9.17) is 5.11 Å². The van der Waals surface area contributed by atoms with E-state index >= 15 is 0 Å². The Balaban J connectivity index is 2.40. The third-order valence-electron chi connectivity index (χ3n) is 2.71. The van der Waals surface area contributed by atoms with Crippen LogP contribution in [0.5, 0.6) is 0 Å². The summed E-state index contributed by atoms with van der Waals surface area (Å²) in [5.41, 5.74) is -0.0323. The second-order valence-corrected chi connectivity index (χ2v) is 4.20. The summed E-state index contributed by atoms with van der Waals surface area (Å²) in [6, 6.07) is 3.24. The van der Waals surface area contributed by atoms with Crippen LogP contribution in [0.1, 0.15) is 12.1 Å². The second kappa shape index (κ2) is 6.05. The van der Waals surface area contributed by atoms with Crippen LogP contribution in [0.4, 0.5) is 11.4 Å². The SMILES string of the molecule is O=[N+]([O-])c1cc(-n2cc(CCCO)nn2)cc([N+](=O)[O-])c1. The Hall–Kier alpha value is -2.88. The number of non-ortho nitro benzene ring substituents is 2. The van der Waals surface area contributed by atoms with E-state index in [-0.39, 0.29) is 12.3 Å². The van der Waals surface area contributed by atoms with Gasteiger partial charge >= 0.3 is 0 Å².